The van der Waals surface area contributed by atoms with Crippen LogP contribution in [-0.2, 0) is 5.88 Å². The molecule has 1 N–H and O–H groups in total. The van der Waals surface area contributed by atoms with E-state index in [-0.39, 0.29) is 17.0 Å². The monoisotopic (exact) mass is 238 g/mol. The van der Waals surface area contributed by atoms with Crippen molar-refractivity contribution in [3.8, 4) is 0 Å². The Morgan fingerprint density at radius 2 is 2.06 bits per heavy atom. The summed E-state index contributed by atoms with van der Waals surface area (Å²) in [6.07, 6.45) is 0. The molecule has 0 bridgehead atoms. The highest BCUT2D eigenvalue weighted by atomic mass is 35.5. The largest absolute Gasteiger partial charge is 0.475 e. The van der Waals surface area contributed by atoms with E-state index in [9.17, 15) is 9.59 Å². The fraction of sp³-hybridized carbons (Fsp3) is 0.0909. The van der Waals surface area contributed by atoms with Gasteiger partial charge in [-0.25, -0.2) is 4.79 Å². The first kappa shape index (κ1) is 10.7. The van der Waals surface area contributed by atoms with Crippen LogP contribution in [0.2, 0.25) is 0 Å². The van der Waals surface area contributed by atoms with E-state index in [0.717, 1.165) is 0 Å². The van der Waals surface area contributed by atoms with Crippen LogP contribution in [0, 0.1) is 0 Å². The van der Waals surface area contributed by atoms with E-state index in [1.54, 1.807) is 24.3 Å². The number of hydrogen-bond donors (Lipinski definition) is 1. The summed E-state index contributed by atoms with van der Waals surface area (Å²) in [5, 5.41) is 9.23. The van der Waals surface area contributed by atoms with Crippen LogP contribution in [0.5, 0.6) is 0 Å². The maximum Gasteiger partial charge on any atom is 0.372 e. The van der Waals surface area contributed by atoms with Crippen molar-refractivity contribution in [2.24, 2.45) is 0 Å². The number of fused-ring (bicyclic) bond motifs is 1. The first-order valence-electron chi connectivity index (χ1n) is 4.49. The molecule has 1 aromatic carbocycles. The molecule has 0 spiro atoms. The Morgan fingerprint density at radius 1 is 1.38 bits per heavy atom. The molecular formula is C11H7ClO4. The summed E-state index contributed by atoms with van der Waals surface area (Å²) < 4.78 is 5.14. The highest BCUT2D eigenvalue weighted by Crippen LogP contribution is 2.16. The van der Waals surface area contributed by atoms with Crippen LogP contribution in [0.3, 0.4) is 0 Å². The summed E-state index contributed by atoms with van der Waals surface area (Å²) in [4.78, 5) is 22.8. The van der Waals surface area contributed by atoms with Crippen molar-refractivity contribution in [3.63, 3.8) is 0 Å². The Labute approximate surface area is 95.1 Å². The van der Waals surface area contributed by atoms with Crippen molar-refractivity contribution in [2.45, 2.75) is 5.88 Å². The lowest BCUT2D eigenvalue weighted by Gasteiger charge is -2.03. The molecule has 0 atom stereocenters. The number of aromatic carboxylic acids is 1. The second-order valence-electron chi connectivity index (χ2n) is 3.17. The predicted octanol–water partition coefficient (Wildman–Crippen LogP) is 2.23. The minimum atomic E-state index is -1.29. The minimum Gasteiger partial charge on any atom is -0.475 e. The highest BCUT2D eigenvalue weighted by molar-refractivity contribution is 6.17. The zero-order valence-electron chi connectivity index (χ0n) is 8.07. The zero-order chi connectivity index (χ0) is 11.7. The molecule has 1 heterocycles. The number of para-hydroxylation sites is 1. The molecule has 2 aromatic rings. The van der Waals surface area contributed by atoms with Gasteiger partial charge >= 0.3 is 5.97 Å². The standard InChI is InChI=1S/C11H7ClO4/c12-5-7-9(13)6-3-1-2-4-8(6)16-10(7)11(14)15/h1-4H,5H2,(H,14,15). The van der Waals surface area contributed by atoms with E-state index in [1.807, 2.05) is 0 Å². The first-order chi connectivity index (χ1) is 7.65. The second kappa shape index (κ2) is 3.98. The van der Waals surface area contributed by atoms with Crippen molar-refractivity contribution in [3.05, 3.63) is 45.8 Å². The molecular weight excluding hydrogens is 232 g/mol. The third-order valence-corrected chi connectivity index (χ3v) is 2.49. The maximum atomic E-state index is 11.9. The molecule has 0 radical (unpaired) electrons. The van der Waals surface area contributed by atoms with E-state index < -0.39 is 17.2 Å². The van der Waals surface area contributed by atoms with Gasteiger partial charge in [-0.15, -0.1) is 11.6 Å². The molecule has 2 rings (SSSR count). The average Bonchev–Trinajstić information content (AvgIpc) is 2.29. The fourth-order valence-corrected chi connectivity index (χ4v) is 1.72. The molecule has 82 valence electrons. The Balaban J connectivity index is 2.93. The fourth-order valence-electron chi connectivity index (χ4n) is 1.47. The Morgan fingerprint density at radius 3 is 2.69 bits per heavy atom. The maximum absolute atomic E-state index is 11.9. The number of hydrogen-bond acceptors (Lipinski definition) is 3. The molecule has 16 heavy (non-hydrogen) atoms. The molecule has 0 aliphatic carbocycles. The van der Waals surface area contributed by atoms with E-state index in [0.29, 0.717) is 5.39 Å². The third-order valence-electron chi connectivity index (χ3n) is 2.22. The van der Waals surface area contributed by atoms with E-state index in [4.69, 9.17) is 21.1 Å². The van der Waals surface area contributed by atoms with Gasteiger partial charge in [-0.3, -0.25) is 4.79 Å². The van der Waals surface area contributed by atoms with Crippen LogP contribution < -0.4 is 5.43 Å². The van der Waals surface area contributed by atoms with Gasteiger partial charge in [0.25, 0.3) is 0 Å². The van der Waals surface area contributed by atoms with Gasteiger partial charge in [-0.2, -0.15) is 0 Å². The SMILES string of the molecule is O=C(O)c1oc2ccccc2c(=O)c1CCl. The molecule has 0 saturated heterocycles. The molecule has 0 aliphatic heterocycles. The van der Waals surface area contributed by atoms with E-state index >= 15 is 0 Å². The topological polar surface area (TPSA) is 67.5 Å². The lowest BCUT2D eigenvalue weighted by molar-refractivity contribution is 0.0661. The Kier molecular flexibility index (Phi) is 2.66. The van der Waals surface area contributed by atoms with Crippen LogP contribution >= 0.6 is 11.6 Å². The van der Waals surface area contributed by atoms with E-state index in [1.165, 1.54) is 0 Å². The van der Waals surface area contributed by atoms with Crippen LogP contribution in [0.15, 0.2) is 33.5 Å². The van der Waals surface area contributed by atoms with Crippen molar-refractivity contribution in [1.29, 1.82) is 0 Å². The first-order valence-corrected chi connectivity index (χ1v) is 5.02. The normalized spacial score (nSPS) is 10.6. The Bertz CT molecular complexity index is 615. The van der Waals surface area contributed by atoms with Crippen molar-refractivity contribution < 1.29 is 14.3 Å². The van der Waals surface area contributed by atoms with Crippen LogP contribution in [0.25, 0.3) is 11.0 Å². The molecule has 5 heteroatoms. The molecule has 0 aliphatic rings. The number of carboxylic acid groups (broad SMARTS) is 1. The molecule has 4 nitrogen and oxygen atoms in total. The molecule has 0 amide bonds. The molecule has 0 unspecified atom stereocenters. The van der Waals surface area contributed by atoms with Crippen LogP contribution in [-0.4, -0.2) is 11.1 Å². The van der Waals surface area contributed by atoms with Crippen LogP contribution in [0.1, 0.15) is 16.1 Å². The number of benzene rings is 1. The van der Waals surface area contributed by atoms with Gasteiger partial charge in [0, 0.05) is 0 Å². The predicted molar refractivity (Wildman–Crippen MR) is 59.0 cm³/mol. The Hall–Kier alpha value is -1.81. The number of rotatable bonds is 2. The molecule has 1 aromatic heterocycles. The van der Waals surface area contributed by atoms with Crippen LogP contribution in [0.4, 0.5) is 0 Å². The summed E-state index contributed by atoms with van der Waals surface area (Å²) >= 11 is 5.56. The van der Waals surface area contributed by atoms with Gasteiger partial charge in [-0.1, -0.05) is 12.1 Å². The minimum absolute atomic E-state index is 0.0205. The number of carbonyl (C=O) groups is 1. The number of carboxylic acids is 1. The third kappa shape index (κ3) is 1.57. The molecule has 0 fully saturated rings. The number of halogens is 1. The van der Waals surface area contributed by atoms with Gasteiger partial charge in [0.2, 0.25) is 5.76 Å². The van der Waals surface area contributed by atoms with Gasteiger partial charge in [0.05, 0.1) is 16.8 Å². The summed E-state index contributed by atoms with van der Waals surface area (Å²) in [5.74, 6) is -1.87. The van der Waals surface area contributed by atoms with Crippen molar-refractivity contribution in [1.82, 2.24) is 0 Å². The smallest absolute Gasteiger partial charge is 0.372 e. The second-order valence-corrected chi connectivity index (χ2v) is 3.44. The van der Waals surface area contributed by atoms with E-state index in [2.05, 4.69) is 0 Å². The summed E-state index contributed by atoms with van der Waals surface area (Å²) in [7, 11) is 0. The molecule has 0 saturated carbocycles. The van der Waals surface area contributed by atoms with Gasteiger partial charge in [0.1, 0.15) is 5.58 Å². The summed E-state index contributed by atoms with van der Waals surface area (Å²) in [5.41, 5.74) is -0.166. The van der Waals surface area contributed by atoms with Gasteiger partial charge in [0.15, 0.2) is 5.43 Å². The van der Waals surface area contributed by atoms with Gasteiger partial charge < -0.3 is 9.52 Å². The quantitative estimate of drug-likeness (QED) is 0.815. The van der Waals surface area contributed by atoms with Crippen molar-refractivity contribution in [2.75, 3.05) is 0 Å². The number of alkyl halides is 1. The highest BCUT2D eigenvalue weighted by Gasteiger charge is 2.18. The summed E-state index contributed by atoms with van der Waals surface area (Å²) in [6.45, 7) is 0. The zero-order valence-corrected chi connectivity index (χ0v) is 8.82. The lowest BCUT2D eigenvalue weighted by Crippen LogP contribution is -2.14. The lowest BCUT2D eigenvalue weighted by atomic mass is 10.1. The average molecular weight is 239 g/mol. The van der Waals surface area contributed by atoms with Crippen molar-refractivity contribution >= 4 is 28.5 Å². The van der Waals surface area contributed by atoms with Gasteiger partial charge in [-0.05, 0) is 12.1 Å². The summed E-state index contributed by atoms with van der Waals surface area (Å²) in [6, 6.07) is 6.46.